The molecule has 8 heteroatoms. The summed E-state index contributed by atoms with van der Waals surface area (Å²) in [7, 11) is 0. The van der Waals surface area contributed by atoms with Gasteiger partial charge in [-0.1, -0.05) is 0 Å². The van der Waals surface area contributed by atoms with E-state index in [1.807, 2.05) is 19.1 Å². The van der Waals surface area contributed by atoms with Gasteiger partial charge in [0.15, 0.2) is 11.5 Å². The van der Waals surface area contributed by atoms with Crippen LogP contribution in [0, 0.1) is 0 Å². The van der Waals surface area contributed by atoms with Crippen molar-refractivity contribution in [1.29, 1.82) is 0 Å². The van der Waals surface area contributed by atoms with E-state index < -0.39 is 5.91 Å². The second kappa shape index (κ2) is 11.4. The van der Waals surface area contributed by atoms with Gasteiger partial charge in [-0.15, -0.1) is 0 Å². The van der Waals surface area contributed by atoms with Gasteiger partial charge in [-0.05, 0) is 67.1 Å². The maximum Gasteiger partial charge on any atom is 0.255 e. The summed E-state index contributed by atoms with van der Waals surface area (Å²) in [5.74, 6) is 0.923. The molecule has 8 nitrogen and oxygen atoms in total. The lowest BCUT2D eigenvalue weighted by molar-refractivity contribution is -0.118. The van der Waals surface area contributed by atoms with E-state index >= 15 is 0 Å². The number of rotatable bonds is 11. The fraction of sp³-hybridized carbons (Fsp3) is 0.208. The number of anilines is 1. The highest BCUT2D eigenvalue weighted by Gasteiger charge is 2.12. The number of pyridine rings is 1. The number of amides is 2. The molecule has 0 aliphatic carbocycles. The van der Waals surface area contributed by atoms with Crippen LogP contribution in [0.15, 0.2) is 67.0 Å². The molecule has 0 atom stereocenters. The lowest BCUT2D eigenvalue weighted by Crippen LogP contribution is -2.14. The highest BCUT2D eigenvalue weighted by molar-refractivity contribution is 6.04. The molecule has 3 N–H and O–H groups in total. The van der Waals surface area contributed by atoms with Crippen molar-refractivity contribution < 1.29 is 23.8 Å². The van der Waals surface area contributed by atoms with Gasteiger partial charge in [-0.3, -0.25) is 14.6 Å². The molecule has 0 spiro atoms. The molecule has 0 fully saturated rings. The molecule has 2 amide bonds. The number of primary amides is 1. The first kappa shape index (κ1) is 22.6. The first-order valence-electron chi connectivity index (χ1n) is 10.2. The highest BCUT2D eigenvalue weighted by atomic mass is 16.5. The Hall–Kier alpha value is -4.07. The summed E-state index contributed by atoms with van der Waals surface area (Å²) < 4.78 is 17.0. The number of aromatic nitrogens is 1. The largest absolute Gasteiger partial charge is 0.493 e. The van der Waals surface area contributed by atoms with E-state index in [1.165, 1.54) is 0 Å². The number of nitrogens with two attached hydrogens (primary N) is 1. The van der Waals surface area contributed by atoms with Crippen molar-refractivity contribution in [3.8, 4) is 17.2 Å². The lowest BCUT2D eigenvalue weighted by atomic mass is 10.1. The first-order chi connectivity index (χ1) is 15.5. The first-order valence-corrected chi connectivity index (χ1v) is 10.2. The molecule has 1 heterocycles. The van der Waals surface area contributed by atoms with E-state index in [9.17, 15) is 9.59 Å². The molecule has 0 unspecified atom stereocenters. The van der Waals surface area contributed by atoms with Gasteiger partial charge in [-0.2, -0.15) is 0 Å². The Kier molecular flexibility index (Phi) is 8.02. The smallest absolute Gasteiger partial charge is 0.255 e. The van der Waals surface area contributed by atoms with Crippen LogP contribution in [0.4, 0.5) is 5.69 Å². The number of carbonyl (C=O) groups excluding carboxylic acids is 2. The van der Waals surface area contributed by atoms with Gasteiger partial charge in [0.1, 0.15) is 12.4 Å². The van der Waals surface area contributed by atoms with Gasteiger partial charge in [-0.25, -0.2) is 0 Å². The topological polar surface area (TPSA) is 113 Å². The number of benzene rings is 2. The molecule has 32 heavy (non-hydrogen) atoms. The fourth-order valence-corrected chi connectivity index (χ4v) is 2.78. The van der Waals surface area contributed by atoms with E-state index in [0.29, 0.717) is 41.7 Å². The summed E-state index contributed by atoms with van der Waals surface area (Å²) in [5.41, 5.74) is 7.11. The summed E-state index contributed by atoms with van der Waals surface area (Å²) in [6.45, 7) is 2.87. The Morgan fingerprint density at radius 3 is 2.38 bits per heavy atom. The zero-order chi connectivity index (χ0) is 22.8. The van der Waals surface area contributed by atoms with Crippen LogP contribution in [0.3, 0.4) is 0 Å². The van der Waals surface area contributed by atoms with Gasteiger partial charge >= 0.3 is 0 Å². The molecule has 3 aromatic rings. The monoisotopic (exact) mass is 435 g/mol. The van der Waals surface area contributed by atoms with Crippen LogP contribution in [-0.4, -0.2) is 30.0 Å². The predicted octanol–water partition coefficient (Wildman–Crippen LogP) is 3.57. The van der Waals surface area contributed by atoms with Crippen LogP contribution < -0.4 is 25.3 Å². The number of carbonyl (C=O) groups is 2. The van der Waals surface area contributed by atoms with Crippen LogP contribution in [0.2, 0.25) is 0 Å². The van der Waals surface area contributed by atoms with E-state index in [0.717, 1.165) is 5.56 Å². The lowest BCUT2D eigenvalue weighted by Gasteiger charge is -2.14. The molecule has 2 aromatic carbocycles. The Morgan fingerprint density at radius 2 is 1.69 bits per heavy atom. The molecule has 0 saturated carbocycles. The van der Waals surface area contributed by atoms with Crippen molar-refractivity contribution in [3.63, 3.8) is 0 Å². The van der Waals surface area contributed by atoms with E-state index in [-0.39, 0.29) is 18.9 Å². The van der Waals surface area contributed by atoms with Crippen LogP contribution in [-0.2, 0) is 11.4 Å². The van der Waals surface area contributed by atoms with Crippen LogP contribution in [0.5, 0.6) is 17.2 Å². The summed E-state index contributed by atoms with van der Waals surface area (Å²) in [6.07, 6.45) is 3.55. The number of nitrogens with one attached hydrogen (secondary N) is 1. The number of ether oxygens (including phenoxy) is 3. The highest BCUT2D eigenvalue weighted by Crippen LogP contribution is 2.30. The fourth-order valence-electron chi connectivity index (χ4n) is 2.78. The Bertz CT molecular complexity index is 1040. The third-order valence-electron chi connectivity index (χ3n) is 4.38. The van der Waals surface area contributed by atoms with Crippen molar-refractivity contribution in [2.45, 2.75) is 20.0 Å². The minimum Gasteiger partial charge on any atom is -0.493 e. The quantitative estimate of drug-likeness (QED) is 0.476. The maximum absolute atomic E-state index is 12.7. The predicted molar refractivity (Wildman–Crippen MR) is 120 cm³/mol. The minimum absolute atomic E-state index is 0.142. The third kappa shape index (κ3) is 6.73. The zero-order valence-electron chi connectivity index (χ0n) is 17.7. The standard InChI is InChI=1S/C24H25N3O5/c1-2-30-22-15-18(3-8-21(22)32-16-17-9-12-26-13-10-17)24(29)27-19-4-6-20(7-5-19)31-14-11-23(25)28/h3-10,12-13,15H,2,11,14,16H2,1H3,(H2,25,28)(H,27,29). The second-order valence-electron chi connectivity index (χ2n) is 6.78. The van der Waals surface area contributed by atoms with E-state index in [4.69, 9.17) is 19.9 Å². The normalized spacial score (nSPS) is 10.3. The zero-order valence-corrected chi connectivity index (χ0v) is 17.7. The van der Waals surface area contributed by atoms with Crippen molar-refractivity contribution in [1.82, 2.24) is 4.98 Å². The number of nitrogens with zero attached hydrogens (tertiary/aromatic N) is 1. The van der Waals surface area contributed by atoms with Gasteiger partial charge in [0.05, 0.1) is 19.6 Å². The summed E-state index contributed by atoms with van der Waals surface area (Å²) in [4.78, 5) is 27.4. The summed E-state index contributed by atoms with van der Waals surface area (Å²) in [6, 6.07) is 15.6. The van der Waals surface area contributed by atoms with Gasteiger partial charge < -0.3 is 25.3 Å². The molecule has 1 aromatic heterocycles. The average Bonchev–Trinajstić information content (AvgIpc) is 2.80. The van der Waals surface area contributed by atoms with Crippen molar-refractivity contribution in [3.05, 3.63) is 78.1 Å². The van der Waals surface area contributed by atoms with Crippen molar-refractivity contribution in [2.75, 3.05) is 18.5 Å². The number of hydrogen-bond acceptors (Lipinski definition) is 6. The Morgan fingerprint density at radius 1 is 0.938 bits per heavy atom. The Labute approximate surface area is 186 Å². The van der Waals surface area contributed by atoms with Gasteiger partial charge in [0.2, 0.25) is 5.91 Å². The summed E-state index contributed by atoms with van der Waals surface area (Å²) in [5, 5.41) is 2.83. The van der Waals surface area contributed by atoms with Gasteiger partial charge in [0, 0.05) is 23.6 Å². The van der Waals surface area contributed by atoms with Gasteiger partial charge in [0.25, 0.3) is 5.91 Å². The van der Waals surface area contributed by atoms with Crippen LogP contribution >= 0.6 is 0 Å². The van der Waals surface area contributed by atoms with Crippen LogP contribution in [0.25, 0.3) is 0 Å². The SMILES string of the molecule is CCOc1cc(C(=O)Nc2ccc(OCCC(N)=O)cc2)ccc1OCc1ccncc1. The Balaban J connectivity index is 1.63. The van der Waals surface area contributed by atoms with E-state index in [1.54, 1.807) is 54.9 Å². The molecule has 0 radical (unpaired) electrons. The molecule has 166 valence electrons. The van der Waals surface area contributed by atoms with Crippen molar-refractivity contribution >= 4 is 17.5 Å². The molecule has 0 bridgehead atoms. The number of hydrogen-bond donors (Lipinski definition) is 2. The summed E-state index contributed by atoms with van der Waals surface area (Å²) >= 11 is 0. The second-order valence-corrected chi connectivity index (χ2v) is 6.78. The molecule has 0 aliphatic heterocycles. The maximum atomic E-state index is 12.7. The third-order valence-corrected chi connectivity index (χ3v) is 4.38. The van der Waals surface area contributed by atoms with E-state index in [2.05, 4.69) is 10.3 Å². The molecular formula is C24H25N3O5. The molecule has 0 aliphatic rings. The molecule has 3 rings (SSSR count). The molecular weight excluding hydrogens is 410 g/mol. The average molecular weight is 435 g/mol. The molecule has 0 saturated heterocycles. The van der Waals surface area contributed by atoms with Crippen LogP contribution in [0.1, 0.15) is 29.3 Å². The van der Waals surface area contributed by atoms with Crippen molar-refractivity contribution in [2.24, 2.45) is 5.73 Å². The minimum atomic E-state index is -0.422.